The Labute approximate surface area is 504 Å². The van der Waals surface area contributed by atoms with Gasteiger partial charge in [-0.25, -0.2) is 34.7 Å². The average Bonchev–Trinajstić information content (AvgIpc) is 0.953. The van der Waals surface area contributed by atoms with E-state index in [4.69, 9.17) is 94.4 Å². The molecule has 89 heavy (non-hydrogen) atoms. The SMILES string of the molecule is CO[C@H]1O[C@H](COS(=O)(=O)O)[C@@H](O[C@H]2O[C@H](C(=O)O)[C@@H](O[C@H]3O[C@H](COS(=O)(=O)O)[C@@H](O[C@H]4O[C@H](C(=O)O)[C@@H](O[C@H]5O[C@H](COS(=O)(=O)O)[C@@H](O)[C@H](OC)[C@H]5N)[C@H](OC)[C@H]4OC)[C@H](OS(=O)(=O)O)[C@H]3OS(=O)(=O)O)[C@H](OC)[C@H]2OC)[C@H](OC)[C@H]1OS(=O)(=O)O. The van der Waals surface area contributed by atoms with Crippen molar-refractivity contribution < 1.29 is 204 Å². The lowest BCUT2D eigenvalue weighted by Gasteiger charge is -2.51. The standard InChI is InChI=1S/C37H63NO45S6/c1-62-18-14(38)33(72-11(15(18)39)8-69-84(44,45)46)77-22-20(64-3)27(66-5)36(79-25(22)31(40)41)76-17-13(10-71-86(50,51)52)74-37(30(83-89(59,60)61)24(17)81-87(53,54)55)78-23-21(65-4)28(67-6)35(80-26(23)32(42)43)75-16-12(9-70-85(47,48)49)73-34(68-7)29(19(16)63-2)82-88(56,57)58/h11-30,33-37,39H,8-10,38H2,1-7H3,(H,40,41)(H,42,43)(H,44,45,46)(H,47,48,49)(H,50,51,52)(H,53,54,55)(H,56,57,58)(H,59,60,61)/t11-,12-,13-,14-,15-,16-,17-,18-,19+,20+,21+,22+,23+,24+,25+,26+,27-,28-,29-,30-,33-,34+,35+,36+,37-/m1/s1. The lowest BCUT2D eigenvalue weighted by Crippen LogP contribution is -2.70. The summed E-state index contributed by atoms with van der Waals surface area (Å²) in [6.07, 6.45) is -54.1. The minimum absolute atomic E-state index is 0.809. The van der Waals surface area contributed by atoms with E-state index in [1.165, 1.54) is 0 Å². The largest absolute Gasteiger partial charge is 0.479 e. The second-order valence-electron chi connectivity index (χ2n) is 18.7. The number of methoxy groups -OCH3 is 7. The van der Waals surface area contributed by atoms with Crippen molar-refractivity contribution in [2.45, 2.75) is 153 Å². The molecule has 5 aliphatic heterocycles. The molecule has 0 unspecified atom stereocenters. The van der Waals surface area contributed by atoms with Crippen molar-refractivity contribution in [3.8, 4) is 0 Å². The number of hydrogen-bond acceptors (Lipinski definition) is 38. The first kappa shape index (κ1) is 77.1. The molecule has 25 atom stereocenters. The average molecular weight is 1430 g/mol. The van der Waals surface area contributed by atoms with Crippen molar-refractivity contribution in [3.63, 3.8) is 0 Å². The minimum atomic E-state index is -6.14. The van der Waals surface area contributed by atoms with E-state index < -0.39 is 248 Å². The van der Waals surface area contributed by atoms with Gasteiger partial charge in [0, 0.05) is 49.8 Å². The molecule has 0 radical (unpaired) electrons. The number of ether oxygens (including phenoxy) is 16. The molecule has 5 heterocycles. The molecule has 11 N–H and O–H groups in total. The molecule has 0 saturated carbocycles. The topological polar surface area (TPSA) is 650 Å². The van der Waals surface area contributed by atoms with Gasteiger partial charge in [0.1, 0.15) is 91.6 Å². The molecule has 0 aliphatic carbocycles. The van der Waals surface area contributed by atoms with Gasteiger partial charge in [0.05, 0.1) is 25.9 Å². The monoisotopic (exact) mass is 1430 g/mol. The van der Waals surface area contributed by atoms with E-state index in [1.54, 1.807) is 0 Å². The van der Waals surface area contributed by atoms with Gasteiger partial charge in [-0.3, -0.25) is 27.3 Å². The van der Waals surface area contributed by atoms with Crippen LogP contribution in [-0.4, -0.2) is 328 Å². The molecule has 0 aromatic heterocycles. The molecule has 522 valence electrons. The minimum Gasteiger partial charge on any atom is -0.479 e. The first-order valence-electron chi connectivity index (χ1n) is 24.3. The number of carboxylic acids is 2. The van der Waals surface area contributed by atoms with Crippen LogP contribution in [0.4, 0.5) is 0 Å². The molecule has 0 aromatic rings. The number of carbonyl (C=O) groups is 2. The molecular weight excluding hydrogens is 1370 g/mol. The zero-order valence-corrected chi connectivity index (χ0v) is 51.2. The van der Waals surface area contributed by atoms with Crippen LogP contribution in [0.15, 0.2) is 0 Å². The molecule has 5 rings (SSSR count). The van der Waals surface area contributed by atoms with Crippen LogP contribution < -0.4 is 5.73 Å². The Kier molecular flexibility index (Phi) is 27.2. The molecule has 52 heteroatoms. The van der Waals surface area contributed by atoms with Crippen LogP contribution in [0.5, 0.6) is 0 Å². The quantitative estimate of drug-likeness (QED) is 0.0280. The Hall–Kier alpha value is -2.56. The Bertz CT molecular complexity index is 3050. The number of carboxylic acid groups (broad SMARTS) is 2. The third kappa shape index (κ3) is 21.0. The zero-order chi connectivity index (χ0) is 67.3. The number of aliphatic hydroxyl groups excluding tert-OH is 1. The second-order valence-corrected chi connectivity index (χ2v) is 25.1. The van der Waals surface area contributed by atoms with Crippen molar-refractivity contribution in [3.05, 3.63) is 0 Å². The highest BCUT2D eigenvalue weighted by Gasteiger charge is 2.62. The highest BCUT2D eigenvalue weighted by Crippen LogP contribution is 2.40. The predicted octanol–water partition coefficient (Wildman–Crippen LogP) is -8.23. The van der Waals surface area contributed by atoms with Crippen LogP contribution in [-0.2, 0) is 173 Å². The molecule has 5 aliphatic rings. The summed E-state index contributed by atoms with van der Waals surface area (Å²) in [5, 5.41) is 32.1. The van der Waals surface area contributed by atoms with E-state index >= 15 is 0 Å². The number of nitrogens with two attached hydrogens (primary N) is 1. The van der Waals surface area contributed by atoms with Gasteiger partial charge in [-0.05, 0) is 0 Å². The predicted molar refractivity (Wildman–Crippen MR) is 266 cm³/mol. The number of aliphatic hydroxyl groups is 1. The van der Waals surface area contributed by atoms with Crippen LogP contribution in [0.3, 0.4) is 0 Å². The first-order valence-corrected chi connectivity index (χ1v) is 32.5. The fraction of sp³-hybridized carbons (Fsp3) is 0.946. The highest BCUT2D eigenvalue weighted by atomic mass is 32.3. The smallest absolute Gasteiger partial charge is 0.397 e. The van der Waals surface area contributed by atoms with Gasteiger partial charge in [0.2, 0.25) is 0 Å². The molecule has 0 aromatic carbocycles. The lowest BCUT2D eigenvalue weighted by molar-refractivity contribution is -0.386. The maximum absolute atomic E-state index is 13.3. The first-order chi connectivity index (χ1) is 41.0. The Balaban J connectivity index is 1.60. The molecule has 0 bridgehead atoms. The van der Waals surface area contributed by atoms with Gasteiger partial charge in [-0.15, -0.1) is 0 Å². The van der Waals surface area contributed by atoms with Gasteiger partial charge in [0.15, 0.2) is 55.9 Å². The van der Waals surface area contributed by atoms with E-state index in [1.807, 2.05) is 0 Å². The van der Waals surface area contributed by atoms with Crippen LogP contribution in [0, 0.1) is 0 Å². The zero-order valence-electron chi connectivity index (χ0n) is 46.3. The van der Waals surface area contributed by atoms with Gasteiger partial charge < -0.3 is 96.8 Å². The van der Waals surface area contributed by atoms with E-state index in [0.717, 1.165) is 49.8 Å². The maximum Gasteiger partial charge on any atom is 0.397 e. The summed E-state index contributed by atoms with van der Waals surface area (Å²) in [5.41, 5.74) is 6.23. The molecule has 5 saturated heterocycles. The van der Waals surface area contributed by atoms with Crippen molar-refractivity contribution in [1.82, 2.24) is 0 Å². The van der Waals surface area contributed by atoms with E-state index in [-0.39, 0.29) is 0 Å². The van der Waals surface area contributed by atoms with Crippen molar-refractivity contribution in [1.29, 1.82) is 0 Å². The fourth-order valence-corrected chi connectivity index (χ4v) is 12.2. The maximum atomic E-state index is 13.3. The Morgan fingerprint density at radius 2 is 0.640 bits per heavy atom. The summed E-state index contributed by atoms with van der Waals surface area (Å²) in [7, 11) is -27.8. The molecule has 0 spiro atoms. The van der Waals surface area contributed by atoms with Crippen LogP contribution in [0.25, 0.3) is 0 Å². The summed E-state index contributed by atoms with van der Waals surface area (Å²) in [6, 6.07) is -1.62. The third-order valence-corrected chi connectivity index (χ3v) is 15.9. The second kappa shape index (κ2) is 31.3. The summed E-state index contributed by atoms with van der Waals surface area (Å²) in [5.74, 6) is -4.15. The number of rotatable bonds is 32. The summed E-state index contributed by atoms with van der Waals surface area (Å²) >= 11 is 0. The van der Waals surface area contributed by atoms with Crippen molar-refractivity contribution in [2.24, 2.45) is 5.73 Å². The van der Waals surface area contributed by atoms with Gasteiger partial charge in [-0.1, -0.05) is 0 Å². The Morgan fingerprint density at radius 3 is 0.989 bits per heavy atom. The molecule has 5 fully saturated rings. The third-order valence-electron chi connectivity index (χ3n) is 13.3. The highest BCUT2D eigenvalue weighted by molar-refractivity contribution is 7.82. The Morgan fingerprint density at radius 1 is 0.348 bits per heavy atom. The van der Waals surface area contributed by atoms with Crippen LogP contribution in [0.2, 0.25) is 0 Å². The van der Waals surface area contributed by atoms with E-state index in [2.05, 4.69) is 16.7 Å². The van der Waals surface area contributed by atoms with E-state index in [9.17, 15) is 98.2 Å². The van der Waals surface area contributed by atoms with Gasteiger partial charge >= 0.3 is 74.3 Å². The molecule has 46 nitrogen and oxygen atoms in total. The summed E-state index contributed by atoms with van der Waals surface area (Å²) < 4.78 is 321. The lowest BCUT2D eigenvalue weighted by atomic mass is 9.94. The van der Waals surface area contributed by atoms with Gasteiger partial charge in [0.25, 0.3) is 0 Å². The van der Waals surface area contributed by atoms with E-state index in [0.29, 0.717) is 0 Å². The van der Waals surface area contributed by atoms with Crippen molar-refractivity contribution >= 4 is 74.3 Å². The van der Waals surface area contributed by atoms with Crippen LogP contribution in [0.1, 0.15) is 0 Å². The van der Waals surface area contributed by atoms with Crippen LogP contribution >= 0.6 is 0 Å². The van der Waals surface area contributed by atoms with Crippen molar-refractivity contribution in [2.75, 3.05) is 69.6 Å². The number of aliphatic carboxylic acids is 2. The van der Waals surface area contributed by atoms with Gasteiger partial charge in [-0.2, -0.15) is 50.5 Å². The normalized spacial score (nSPS) is 38.9. The molecular formula is C37H63NO45S6. The number of hydrogen-bond donors (Lipinski definition) is 10. The summed E-state index contributed by atoms with van der Waals surface area (Å²) in [4.78, 5) is 26.4. The summed E-state index contributed by atoms with van der Waals surface area (Å²) in [6.45, 7) is -4.11. The fourth-order valence-electron chi connectivity index (χ4n) is 9.80. The molecule has 0 amide bonds.